The first-order valence-corrected chi connectivity index (χ1v) is 6.55. The molecule has 17 heavy (non-hydrogen) atoms. The van der Waals surface area contributed by atoms with Gasteiger partial charge in [0.2, 0.25) is 5.95 Å². The van der Waals surface area contributed by atoms with Gasteiger partial charge in [-0.05, 0) is 31.2 Å². The summed E-state index contributed by atoms with van der Waals surface area (Å²) in [5, 5.41) is 5.15. The molecule has 0 saturated heterocycles. The van der Waals surface area contributed by atoms with Crippen LogP contribution in [0.25, 0.3) is 11.4 Å². The fourth-order valence-electron chi connectivity index (χ4n) is 2.33. The largest absolute Gasteiger partial charge is 0.390 e. The average Bonchev–Trinajstić information content (AvgIpc) is 2.78. The van der Waals surface area contributed by atoms with Crippen molar-refractivity contribution in [3.8, 4) is 11.4 Å². The molecular formula is C11H15N5S. The minimum atomic E-state index is 0.426. The third-order valence-electron chi connectivity index (χ3n) is 3.22. The van der Waals surface area contributed by atoms with E-state index in [2.05, 4.69) is 10.1 Å². The minimum Gasteiger partial charge on any atom is -0.390 e. The van der Waals surface area contributed by atoms with Crippen LogP contribution in [0.15, 0.2) is 0 Å². The maximum Gasteiger partial charge on any atom is 0.218 e. The summed E-state index contributed by atoms with van der Waals surface area (Å²) in [6.07, 6.45) is 4.69. The molecular weight excluding hydrogens is 234 g/mol. The van der Waals surface area contributed by atoms with Crippen molar-refractivity contribution in [1.82, 2.24) is 14.8 Å². The molecule has 3 rings (SSSR count). The van der Waals surface area contributed by atoms with Crippen molar-refractivity contribution in [3.63, 3.8) is 0 Å². The monoisotopic (exact) mass is 249 g/mol. The number of hydrogen-bond acceptors (Lipinski definition) is 5. The molecule has 0 amide bonds. The Morgan fingerprint density at radius 2 is 2.00 bits per heavy atom. The highest BCUT2D eigenvalue weighted by Crippen LogP contribution is 2.41. The van der Waals surface area contributed by atoms with Crippen LogP contribution in [0, 0.1) is 0 Å². The van der Waals surface area contributed by atoms with Gasteiger partial charge in [-0.1, -0.05) is 0 Å². The lowest BCUT2D eigenvalue weighted by Gasteiger charge is -2.11. The van der Waals surface area contributed by atoms with E-state index >= 15 is 0 Å². The highest BCUT2D eigenvalue weighted by atomic mass is 32.1. The van der Waals surface area contributed by atoms with Gasteiger partial charge < -0.3 is 11.5 Å². The molecule has 4 N–H and O–H groups in total. The number of rotatable bonds is 1. The van der Waals surface area contributed by atoms with Crippen molar-refractivity contribution in [1.29, 1.82) is 0 Å². The number of fused-ring (bicyclic) bond motifs is 1. The predicted octanol–water partition coefficient (Wildman–Crippen LogP) is 1.59. The second-order valence-corrected chi connectivity index (χ2v) is 5.50. The molecule has 0 aromatic carbocycles. The fraction of sp³-hybridized carbons (Fsp3) is 0.455. The molecule has 0 unspecified atom stereocenters. The lowest BCUT2D eigenvalue weighted by molar-refractivity contribution is 0.697. The van der Waals surface area contributed by atoms with E-state index in [1.165, 1.54) is 23.3 Å². The first-order valence-electron chi connectivity index (χ1n) is 5.73. The fourth-order valence-corrected chi connectivity index (χ4v) is 3.49. The Hall–Kier alpha value is -1.56. The number of nitrogens with two attached hydrogens (primary N) is 2. The Bertz CT molecular complexity index is 549. The smallest absolute Gasteiger partial charge is 0.218 e. The van der Waals surface area contributed by atoms with E-state index in [9.17, 15) is 0 Å². The molecule has 90 valence electrons. The highest BCUT2D eigenvalue weighted by molar-refractivity contribution is 7.16. The SMILES string of the molecule is Cn1nc(-c2c(N)sc3c2CCCC3)nc1N. The molecule has 6 heteroatoms. The molecule has 0 fully saturated rings. The van der Waals surface area contributed by atoms with E-state index < -0.39 is 0 Å². The number of anilines is 2. The molecule has 5 nitrogen and oxygen atoms in total. The molecule has 0 atom stereocenters. The van der Waals surface area contributed by atoms with E-state index in [1.807, 2.05) is 0 Å². The van der Waals surface area contributed by atoms with Crippen molar-refractivity contribution >= 4 is 22.3 Å². The zero-order valence-corrected chi connectivity index (χ0v) is 10.5. The summed E-state index contributed by atoms with van der Waals surface area (Å²) in [5.41, 5.74) is 14.2. The molecule has 2 heterocycles. The minimum absolute atomic E-state index is 0.426. The lowest BCUT2D eigenvalue weighted by atomic mass is 9.95. The van der Waals surface area contributed by atoms with E-state index in [1.54, 1.807) is 23.1 Å². The number of thiophene rings is 1. The molecule has 1 aliphatic carbocycles. The lowest BCUT2D eigenvalue weighted by Crippen LogP contribution is -2.00. The van der Waals surface area contributed by atoms with Gasteiger partial charge in [-0.25, -0.2) is 4.68 Å². The zero-order valence-electron chi connectivity index (χ0n) is 9.73. The Morgan fingerprint density at radius 3 is 2.71 bits per heavy atom. The maximum absolute atomic E-state index is 6.10. The summed E-state index contributed by atoms with van der Waals surface area (Å²) in [6, 6.07) is 0. The van der Waals surface area contributed by atoms with Crippen molar-refractivity contribution < 1.29 is 0 Å². The Labute approximate surface area is 103 Å². The van der Waals surface area contributed by atoms with Gasteiger partial charge in [0.1, 0.15) is 0 Å². The van der Waals surface area contributed by atoms with Crippen LogP contribution >= 0.6 is 11.3 Å². The second kappa shape index (κ2) is 3.73. The first kappa shape index (κ1) is 10.6. The average molecular weight is 249 g/mol. The molecule has 0 bridgehead atoms. The van der Waals surface area contributed by atoms with Gasteiger partial charge >= 0.3 is 0 Å². The number of nitrogen functional groups attached to an aromatic ring is 2. The molecule has 0 radical (unpaired) electrons. The van der Waals surface area contributed by atoms with Crippen LogP contribution in [0.5, 0.6) is 0 Å². The summed E-state index contributed by atoms with van der Waals surface area (Å²) in [7, 11) is 1.79. The van der Waals surface area contributed by atoms with Gasteiger partial charge in [0.15, 0.2) is 5.82 Å². The Morgan fingerprint density at radius 1 is 1.24 bits per heavy atom. The summed E-state index contributed by atoms with van der Waals surface area (Å²) in [5.74, 6) is 1.09. The van der Waals surface area contributed by atoms with E-state index in [-0.39, 0.29) is 0 Å². The molecule has 2 aromatic rings. The van der Waals surface area contributed by atoms with Gasteiger partial charge in [-0.2, -0.15) is 4.98 Å². The molecule has 0 aliphatic heterocycles. The molecule has 0 spiro atoms. The van der Waals surface area contributed by atoms with Crippen LogP contribution in [-0.4, -0.2) is 14.8 Å². The second-order valence-electron chi connectivity index (χ2n) is 4.37. The standard InChI is InChI=1S/C11H15N5S/c1-16-11(13)14-10(15-16)8-6-4-2-3-5-7(6)17-9(8)12/h2-5,12H2,1H3,(H2,13,14,15). The Balaban J connectivity index is 2.16. The van der Waals surface area contributed by atoms with E-state index in [0.717, 1.165) is 23.4 Å². The van der Waals surface area contributed by atoms with Crippen LogP contribution in [0.1, 0.15) is 23.3 Å². The summed E-state index contributed by atoms with van der Waals surface area (Å²) < 4.78 is 1.58. The van der Waals surface area contributed by atoms with Crippen molar-refractivity contribution in [2.45, 2.75) is 25.7 Å². The van der Waals surface area contributed by atoms with Crippen LogP contribution in [0.4, 0.5) is 10.9 Å². The topological polar surface area (TPSA) is 82.8 Å². The van der Waals surface area contributed by atoms with Crippen molar-refractivity contribution in [2.24, 2.45) is 7.05 Å². The van der Waals surface area contributed by atoms with E-state index in [4.69, 9.17) is 11.5 Å². The summed E-state index contributed by atoms with van der Waals surface area (Å²) in [6.45, 7) is 0. The zero-order chi connectivity index (χ0) is 12.0. The maximum atomic E-state index is 6.10. The normalized spacial score (nSPS) is 14.9. The molecule has 0 saturated carbocycles. The van der Waals surface area contributed by atoms with Gasteiger partial charge in [0.25, 0.3) is 0 Å². The van der Waals surface area contributed by atoms with E-state index in [0.29, 0.717) is 11.8 Å². The third kappa shape index (κ3) is 1.59. The molecule has 2 aromatic heterocycles. The Kier molecular flexibility index (Phi) is 2.32. The van der Waals surface area contributed by atoms with Crippen LogP contribution in [0.2, 0.25) is 0 Å². The summed E-state index contributed by atoms with van der Waals surface area (Å²) in [4.78, 5) is 5.68. The molecule has 1 aliphatic rings. The number of nitrogens with zero attached hydrogens (tertiary/aromatic N) is 3. The van der Waals surface area contributed by atoms with Gasteiger partial charge in [-0.15, -0.1) is 16.4 Å². The van der Waals surface area contributed by atoms with Gasteiger partial charge in [0, 0.05) is 11.9 Å². The van der Waals surface area contributed by atoms with Gasteiger partial charge in [0.05, 0.1) is 10.6 Å². The highest BCUT2D eigenvalue weighted by Gasteiger charge is 2.23. The van der Waals surface area contributed by atoms with Crippen molar-refractivity contribution in [2.75, 3.05) is 11.5 Å². The van der Waals surface area contributed by atoms with Crippen LogP contribution < -0.4 is 11.5 Å². The number of aryl methyl sites for hydroxylation is 2. The van der Waals surface area contributed by atoms with Crippen molar-refractivity contribution in [3.05, 3.63) is 10.4 Å². The van der Waals surface area contributed by atoms with Gasteiger partial charge in [-0.3, -0.25) is 0 Å². The summed E-state index contributed by atoms with van der Waals surface area (Å²) >= 11 is 1.67. The van der Waals surface area contributed by atoms with Crippen LogP contribution in [0.3, 0.4) is 0 Å². The predicted molar refractivity (Wildman–Crippen MR) is 69.8 cm³/mol. The third-order valence-corrected chi connectivity index (χ3v) is 4.34. The quantitative estimate of drug-likeness (QED) is 0.804. The van der Waals surface area contributed by atoms with Crippen LogP contribution in [-0.2, 0) is 19.9 Å². The first-order chi connectivity index (χ1) is 8.16. The number of hydrogen-bond donors (Lipinski definition) is 2. The number of aromatic nitrogens is 3.